The summed E-state index contributed by atoms with van der Waals surface area (Å²) in [7, 11) is 0. The molecule has 4 rings (SSSR count). The van der Waals surface area contributed by atoms with Gasteiger partial charge in [0, 0.05) is 23.3 Å². The van der Waals surface area contributed by atoms with Gasteiger partial charge in [0.25, 0.3) is 5.89 Å². The molecule has 1 aliphatic carbocycles. The molecule has 112 valence electrons. The van der Waals surface area contributed by atoms with Crippen LogP contribution in [0.15, 0.2) is 41.2 Å². The minimum Gasteiger partial charge on any atom is -0.365 e. The predicted molar refractivity (Wildman–Crippen MR) is 82.1 cm³/mol. The van der Waals surface area contributed by atoms with Crippen molar-refractivity contribution in [2.75, 3.05) is 0 Å². The minimum absolute atomic E-state index is 0.00934. The Bertz CT molecular complexity index is 808. The van der Waals surface area contributed by atoms with Gasteiger partial charge in [-0.2, -0.15) is 4.98 Å². The molecule has 0 bridgehead atoms. The highest BCUT2D eigenvalue weighted by Crippen LogP contribution is 2.35. The lowest BCUT2D eigenvalue weighted by Crippen LogP contribution is -2.36. The van der Waals surface area contributed by atoms with Gasteiger partial charge in [-0.25, -0.2) is 0 Å². The maximum Gasteiger partial charge on any atom is 0.252 e. The fraction of sp³-hybridized carbons (Fsp3) is 0.353. The maximum atomic E-state index is 5.87. The molecule has 1 fully saturated rings. The molecule has 3 aromatic rings. The summed E-state index contributed by atoms with van der Waals surface area (Å²) in [6.45, 7) is 2.51. The molecule has 2 aromatic heterocycles. The van der Waals surface area contributed by atoms with Crippen LogP contribution in [0.3, 0.4) is 0 Å². The molecule has 0 radical (unpaired) electrons. The van der Waals surface area contributed by atoms with Gasteiger partial charge in [0.1, 0.15) is 6.61 Å². The third kappa shape index (κ3) is 2.48. The van der Waals surface area contributed by atoms with E-state index < -0.39 is 0 Å². The van der Waals surface area contributed by atoms with Crippen LogP contribution >= 0.6 is 0 Å². The number of nitrogens with zero attached hydrogens (tertiary/aromatic N) is 3. The van der Waals surface area contributed by atoms with Gasteiger partial charge in [-0.05, 0) is 43.7 Å². The van der Waals surface area contributed by atoms with E-state index in [1.165, 1.54) is 6.42 Å². The smallest absolute Gasteiger partial charge is 0.252 e. The fourth-order valence-electron chi connectivity index (χ4n) is 2.71. The van der Waals surface area contributed by atoms with Crippen LogP contribution in [0.4, 0.5) is 0 Å². The molecule has 0 amide bonds. The number of fused-ring (bicyclic) bond motifs is 1. The van der Waals surface area contributed by atoms with E-state index in [-0.39, 0.29) is 5.60 Å². The van der Waals surface area contributed by atoms with E-state index in [1.54, 1.807) is 6.20 Å². The van der Waals surface area contributed by atoms with Crippen molar-refractivity contribution in [3.8, 4) is 11.4 Å². The summed E-state index contributed by atoms with van der Waals surface area (Å²) in [6, 6.07) is 8.01. The van der Waals surface area contributed by atoms with Crippen LogP contribution in [0.2, 0.25) is 0 Å². The van der Waals surface area contributed by atoms with Gasteiger partial charge < -0.3 is 9.26 Å². The third-order valence-electron chi connectivity index (χ3n) is 4.32. The molecule has 1 aliphatic rings. The molecule has 22 heavy (non-hydrogen) atoms. The van der Waals surface area contributed by atoms with Gasteiger partial charge in [0.2, 0.25) is 5.82 Å². The second-order valence-electron chi connectivity index (χ2n) is 6.04. The monoisotopic (exact) mass is 295 g/mol. The first-order valence-corrected chi connectivity index (χ1v) is 7.53. The molecule has 0 spiro atoms. The van der Waals surface area contributed by atoms with Gasteiger partial charge in [-0.15, -0.1) is 0 Å². The third-order valence-corrected chi connectivity index (χ3v) is 4.32. The molecule has 5 nitrogen and oxygen atoms in total. The zero-order valence-electron chi connectivity index (χ0n) is 12.5. The van der Waals surface area contributed by atoms with Crippen molar-refractivity contribution < 1.29 is 9.26 Å². The SMILES string of the molecule is CC1(OCc2nc(-c3ccc4cnccc4c3)no2)CCC1. The zero-order chi connectivity index (χ0) is 15.0. The largest absolute Gasteiger partial charge is 0.365 e. The summed E-state index contributed by atoms with van der Waals surface area (Å²) in [5, 5.41) is 6.26. The highest BCUT2D eigenvalue weighted by atomic mass is 16.5. The Balaban J connectivity index is 1.54. The summed E-state index contributed by atoms with van der Waals surface area (Å²) in [5.74, 6) is 1.12. The molecule has 0 aliphatic heterocycles. The van der Waals surface area contributed by atoms with Crippen LogP contribution in [0.1, 0.15) is 32.1 Å². The molecule has 0 atom stereocenters. The highest BCUT2D eigenvalue weighted by molar-refractivity contribution is 5.85. The Morgan fingerprint density at radius 3 is 2.95 bits per heavy atom. The first-order chi connectivity index (χ1) is 10.7. The van der Waals surface area contributed by atoms with Gasteiger partial charge >= 0.3 is 0 Å². The van der Waals surface area contributed by atoms with Crippen LogP contribution in [0.25, 0.3) is 22.2 Å². The van der Waals surface area contributed by atoms with Gasteiger partial charge in [-0.1, -0.05) is 17.3 Å². The van der Waals surface area contributed by atoms with E-state index in [0.717, 1.165) is 29.2 Å². The van der Waals surface area contributed by atoms with Gasteiger partial charge in [0.05, 0.1) is 5.60 Å². The van der Waals surface area contributed by atoms with Crippen molar-refractivity contribution >= 4 is 10.8 Å². The number of ether oxygens (including phenoxy) is 1. The second kappa shape index (κ2) is 5.18. The molecule has 1 saturated carbocycles. The van der Waals surface area contributed by atoms with Crippen molar-refractivity contribution in [3.05, 3.63) is 42.5 Å². The lowest BCUT2D eigenvalue weighted by Gasteiger charge is -2.37. The number of benzene rings is 1. The van der Waals surface area contributed by atoms with Gasteiger partial charge in [-0.3, -0.25) is 4.98 Å². The number of aromatic nitrogens is 3. The minimum atomic E-state index is -0.00934. The quantitative estimate of drug-likeness (QED) is 0.733. The first-order valence-electron chi connectivity index (χ1n) is 7.53. The Morgan fingerprint density at radius 1 is 1.23 bits per heavy atom. The summed E-state index contributed by atoms with van der Waals surface area (Å²) in [6.07, 6.45) is 7.06. The van der Waals surface area contributed by atoms with Crippen LogP contribution in [-0.4, -0.2) is 20.7 Å². The average Bonchev–Trinajstić information content (AvgIpc) is 2.99. The van der Waals surface area contributed by atoms with E-state index in [4.69, 9.17) is 9.26 Å². The topological polar surface area (TPSA) is 61.0 Å². The molecule has 0 unspecified atom stereocenters. The Morgan fingerprint density at radius 2 is 2.14 bits per heavy atom. The summed E-state index contributed by atoms with van der Waals surface area (Å²) >= 11 is 0. The van der Waals surface area contributed by atoms with Crippen molar-refractivity contribution in [1.29, 1.82) is 0 Å². The summed E-state index contributed by atoms with van der Waals surface area (Å²) in [4.78, 5) is 8.54. The van der Waals surface area contributed by atoms with Gasteiger partial charge in [0.15, 0.2) is 0 Å². The van der Waals surface area contributed by atoms with E-state index in [2.05, 4.69) is 22.0 Å². The molecular formula is C17H17N3O2. The van der Waals surface area contributed by atoms with Crippen molar-refractivity contribution in [2.24, 2.45) is 0 Å². The van der Waals surface area contributed by atoms with Crippen molar-refractivity contribution in [1.82, 2.24) is 15.1 Å². The van der Waals surface area contributed by atoms with Crippen molar-refractivity contribution in [2.45, 2.75) is 38.4 Å². The summed E-state index contributed by atoms with van der Waals surface area (Å²) in [5.41, 5.74) is 0.925. The molecule has 2 heterocycles. The van der Waals surface area contributed by atoms with E-state index in [0.29, 0.717) is 18.3 Å². The highest BCUT2D eigenvalue weighted by Gasteiger charge is 2.33. The van der Waals surface area contributed by atoms with Crippen LogP contribution in [0, 0.1) is 0 Å². The molecule has 1 aromatic carbocycles. The normalized spacial score (nSPS) is 16.6. The molecule has 0 N–H and O–H groups in total. The Kier molecular flexibility index (Phi) is 3.15. The molecular weight excluding hydrogens is 278 g/mol. The average molecular weight is 295 g/mol. The fourth-order valence-corrected chi connectivity index (χ4v) is 2.71. The molecule has 5 heteroatoms. The lowest BCUT2D eigenvalue weighted by atomic mass is 9.82. The van der Waals surface area contributed by atoms with Crippen molar-refractivity contribution in [3.63, 3.8) is 0 Å². The zero-order valence-corrected chi connectivity index (χ0v) is 12.5. The lowest BCUT2D eigenvalue weighted by molar-refractivity contribution is -0.102. The van der Waals surface area contributed by atoms with E-state index in [1.807, 2.05) is 30.5 Å². The summed E-state index contributed by atoms with van der Waals surface area (Å²) < 4.78 is 11.2. The van der Waals surface area contributed by atoms with Crippen LogP contribution in [0.5, 0.6) is 0 Å². The second-order valence-corrected chi connectivity index (χ2v) is 6.04. The van der Waals surface area contributed by atoms with E-state index >= 15 is 0 Å². The predicted octanol–water partition coefficient (Wildman–Crippen LogP) is 3.74. The Hall–Kier alpha value is -2.27. The number of hydrogen-bond donors (Lipinski definition) is 0. The van der Waals surface area contributed by atoms with E-state index in [9.17, 15) is 0 Å². The first kappa shape index (κ1) is 13.4. The molecule has 0 saturated heterocycles. The number of pyridine rings is 1. The number of hydrogen-bond acceptors (Lipinski definition) is 5. The van der Waals surface area contributed by atoms with Crippen LogP contribution < -0.4 is 0 Å². The van der Waals surface area contributed by atoms with Crippen LogP contribution in [-0.2, 0) is 11.3 Å². The maximum absolute atomic E-state index is 5.87. The standard InChI is InChI=1S/C17H17N3O2/c1-17(6-2-7-17)21-11-15-19-16(20-22-15)13-3-4-14-10-18-8-5-12(14)9-13/h3-5,8-10H,2,6-7,11H2,1H3. The Labute approximate surface area is 128 Å². The number of rotatable bonds is 4.